The third-order valence-corrected chi connectivity index (χ3v) is 2.73. The third kappa shape index (κ3) is 1.90. The maximum absolute atomic E-state index is 13.3. The van der Waals surface area contributed by atoms with Gasteiger partial charge in [0.2, 0.25) is 5.91 Å². The lowest BCUT2D eigenvalue weighted by atomic mass is 10.2. The number of amides is 1. The minimum absolute atomic E-state index is 0.0795. The van der Waals surface area contributed by atoms with Gasteiger partial charge >= 0.3 is 0 Å². The predicted octanol–water partition coefficient (Wildman–Crippen LogP) is 1.02. The highest BCUT2D eigenvalue weighted by Crippen LogP contribution is 2.17. The van der Waals surface area contributed by atoms with E-state index < -0.39 is 17.7 Å². The lowest BCUT2D eigenvalue weighted by Gasteiger charge is -2.16. The van der Waals surface area contributed by atoms with E-state index in [0.717, 1.165) is 6.07 Å². The zero-order valence-electron chi connectivity index (χ0n) is 8.62. The average Bonchev–Trinajstić information content (AvgIpc) is 2.57. The lowest BCUT2D eigenvalue weighted by molar-refractivity contribution is -0.129. The fourth-order valence-corrected chi connectivity index (χ4v) is 1.80. The molecule has 1 aliphatic heterocycles. The van der Waals surface area contributed by atoms with Crippen LogP contribution in [0, 0.1) is 11.6 Å². The number of hydrogen-bond acceptors (Lipinski definition) is 2. The van der Waals surface area contributed by atoms with Gasteiger partial charge in [-0.25, -0.2) is 8.78 Å². The SMILES string of the molecule is NC1CCN(Cc2cccc(F)c2F)C1=O. The maximum Gasteiger partial charge on any atom is 0.239 e. The summed E-state index contributed by atoms with van der Waals surface area (Å²) in [5, 5.41) is 0. The van der Waals surface area contributed by atoms with Crippen molar-refractivity contribution in [2.24, 2.45) is 5.73 Å². The smallest absolute Gasteiger partial charge is 0.239 e. The Morgan fingerprint density at radius 2 is 2.19 bits per heavy atom. The van der Waals surface area contributed by atoms with Crippen LogP contribution in [-0.2, 0) is 11.3 Å². The molecule has 1 unspecified atom stereocenters. The summed E-state index contributed by atoms with van der Waals surface area (Å²) in [5.41, 5.74) is 5.71. The van der Waals surface area contributed by atoms with Crippen LogP contribution in [0.4, 0.5) is 8.78 Å². The molecule has 0 bridgehead atoms. The Hall–Kier alpha value is -1.49. The van der Waals surface area contributed by atoms with E-state index >= 15 is 0 Å². The second-order valence-electron chi connectivity index (χ2n) is 3.87. The summed E-state index contributed by atoms with van der Waals surface area (Å²) in [6.45, 7) is 0.575. The lowest BCUT2D eigenvalue weighted by Crippen LogP contribution is -2.33. The van der Waals surface area contributed by atoms with E-state index in [9.17, 15) is 13.6 Å². The molecule has 0 saturated carbocycles. The van der Waals surface area contributed by atoms with E-state index in [1.54, 1.807) is 0 Å². The van der Waals surface area contributed by atoms with Crippen LogP contribution in [0.1, 0.15) is 12.0 Å². The van der Waals surface area contributed by atoms with Gasteiger partial charge in [0.15, 0.2) is 11.6 Å². The first kappa shape index (κ1) is 11.0. The number of halogens is 2. The van der Waals surface area contributed by atoms with Crippen molar-refractivity contribution >= 4 is 5.91 Å². The van der Waals surface area contributed by atoms with Crippen molar-refractivity contribution in [3.63, 3.8) is 0 Å². The number of rotatable bonds is 2. The van der Waals surface area contributed by atoms with Crippen LogP contribution in [0.5, 0.6) is 0 Å². The molecule has 1 heterocycles. The quantitative estimate of drug-likeness (QED) is 0.818. The van der Waals surface area contributed by atoms with Crippen molar-refractivity contribution in [3.05, 3.63) is 35.4 Å². The number of nitrogens with two attached hydrogens (primary N) is 1. The first-order valence-electron chi connectivity index (χ1n) is 5.07. The Kier molecular flexibility index (Phi) is 2.87. The van der Waals surface area contributed by atoms with Gasteiger partial charge in [0.1, 0.15) is 0 Å². The number of nitrogens with zero attached hydrogens (tertiary/aromatic N) is 1. The van der Waals surface area contributed by atoms with E-state index in [2.05, 4.69) is 0 Å². The fourth-order valence-electron chi connectivity index (χ4n) is 1.80. The van der Waals surface area contributed by atoms with E-state index in [4.69, 9.17) is 5.73 Å². The van der Waals surface area contributed by atoms with Gasteiger partial charge in [-0.1, -0.05) is 12.1 Å². The fraction of sp³-hybridized carbons (Fsp3) is 0.364. The number of benzene rings is 1. The monoisotopic (exact) mass is 226 g/mol. The highest BCUT2D eigenvalue weighted by atomic mass is 19.2. The van der Waals surface area contributed by atoms with Gasteiger partial charge in [0, 0.05) is 18.7 Å². The molecule has 0 spiro atoms. The molecule has 0 aliphatic carbocycles. The van der Waals surface area contributed by atoms with Gasteiger partial charge in [0.05, 0.1) is 6.04 Å². The Balaban J connectivity index is 2.16. The van der Waals surface area contributed by atoms with Crippen LogP contribution >= 0.6 is 0 Å². The summed E-state index contributed by atoms with van der Waals surface area (Å²) in [6, 6.07) is 3.44. The molecular weight excluding hydrogens is 214 g/mol. The van der Waals surface area contributed by atoms with Crippen molar-refractivity contribution in [1.29, 1.82) is 0 Å². The van der Waals surface area contributed by atoms with Gasteiger partial charge in [-0.05, 0) is 12.5 Å². The van der Waals surface area contributed by atoms with Gasteiger partial charge in [0.25, 0.3) is 0 Å². The Bertz CT molecular complexity index is 422. The van der Waals surface area contributed by atoms with Crippen molar-refractivity contribution in [2.45, 2.75) is 19.0 Å². The number of carbonyl (C=O) groups excluding carboxylic acids is 1. The molecular formula is C11H12F2N2O. The third-order valence-electron chi connectivity index (χ3n) is 2.73. The minimum atomic E-state index is -0.895. The molecule has 0 aromatic heterocycles. The number of carbonyl (C=O) groups is 1. The van der Waals surface area contributed by atoms with Crippen molar-refractivity contribution in [3.8, 4) is 0 Å². The molecule has 2 N–H and O–H groups in total. The summed E-state index contributed by atoms with van der Waals surface area (Å²) >= 11 is 0. The zero-order chi connectivity index (χ0) is 11.7. The Morgan fingerprint density at radius 3 is 2.81 bits per heavy atom. The molecule has 0 radical (unpaired) electrons. The number of hydrogen-bond donors (Lipinski definition) is 1. The van der Waals surface area contributed by atoms with Gasteiger partial charge < -0.3 is 10.6 Å². The summed E-state index contributed by atoms with van der Waals surface area (Å²) in [5.74, 6) is -1.99. The molecule has 1 saturated heterocycles. The van der Waals surface area contributed by atoms with Crippen LogP contribution in [0.25, 0.3) is 0 Å². The van der Waals surface area contributed by atoms with E-state index in [0.29, 0.717) is 13.0 Å². The summed E-state index contributed by atoms with van der Waals surface area (Å²) < 4.78 is 26.3. The Labute approximate surface area is 91.8 Å². The molecule has 1 fully saturated rings. The second-order valence-corrected chi connectivity index (χ2v) is 3.87. The van der Waals surface area contributed by atoms with Crippen LogP contribution in [-0.4, -0.2) is 23.4 Å². The standard InChI is InChI=1S/C11H12F2N2O/c12-8-3-1-2-7(10(8)13)6-15-5-4-9(14)11(15)16/h1-3,9H,4-6,14H2. The average molecular weight is 226 g/mol. The highest BCUT2D eigenvalue weighted by molar-refractivity contribution is 5.83. The molecule has 1 aromatic carbocycles. The normalized spacial score (nSPS) is 20.6. The predicted molar refractivity (Wildman–Crippen MR) is 54.4 cm³/mol. The molecule has 5 heteroatoms. The minimum Gasteiger partial charge on any atom is -0.337 e. The Morgan fingerprint density at radius 1 is 1.44 bits per heavy atom. The van der Waals surface area contributed by atoms with Crippen molar-refractivity contribution < 1.29 is 13.6 Å². The van der Waals surface area contributed by atoms with Gasteiger partial charge in [-0.15, -0.1) is 0 Å². The summed E-state index contributed by atoms with van der Waals surface area (Å²) in [4.78, 5) is 12.9. The van der Waals surface area contributed by atoms with E-state index in [1.807, 2.05) is 0 Å². The molecule has 1 amide bonds. The largest absolute Gasteiger partial charge is 0.337 e. The molecule has 1 aromatic rings. The topological polar surface area (TPSA) is 46.3 Å². The van der Waals surface area contributed by atoms with Crippen LogP contribution in [0.15, 0.2) is 18.2 Å². The summed E-state index contributed by atoms with van der Waals surface area (Å²) in [7, 11) is 0. The van der Waals surface area contributed by atoms with Crippen LogP contribution in [0.3, 0.4) is 0 Å². The summed E-state index contributed by atoms with van der Waals surface area (Å²) in [6.07, 6.45) is 0.565. The van der Waals surface area contributed by atoms with Crippen LogP contribution in [0.2, 0.25) is 0 Å². The van der Waals surface area contributed by atoms with Crippen molar-refractivity contribution in [1.82, 2.24) is 4.90 Å². The van der Waals surface area contributed by atoms with E-state index in [1.165, 1.54) is 17.0 Å². The van der Waals surface area contributed by atoms with Gasteiger partial charge in [-0.2, -0.15) is 0 Å². The molecule has 2 rings (SSSR count). The zero-order valence-corrected chi connectivity index (χ0v) is 8.62. The molecule has 3 nitrogen and oxygen atoms in total. The molecule has 1 atom stereocenters. The number of likely N-dealkylation sites (tertiary alicyclic amines) is 1. The highest BCUT2D eigenvalue weighted by Gasteiger charge is 2.28. The van der Waals surface area contributed by atoms with Crippen molar-refractivity contribution in [2.75, 3.05) is 6.54 Å². The molecule has 1 aliphatic rings. The van der Waals surface area contributed by atoms with Crippen LogP contribution < -0.4 is 5.73 Å². The maximum atomic E-state index is 13.3. The first-order valence-corrected chi connectivity index (χ1v) is 5.07. The second kappa shape index (κ2) is 4.17. The van der Waals surface area contributed by atoms with E-state index in [-0.39, 0.29) is 18.0 Å². The molecule has 16 heavy (non-hydrogen) atoms. The molecule has 86 valence electrons. The van der Waals surface area contributed by atoms with Gasteiger partial charge in [-0.3, -0.25) is 4.79 Å². The first-order chi connectivity index (χ1) is 7.59.